The normalized spacial score (nSPS) is 23.1. The van der Waals surface area contributed by atoms with Gasteiger partial charge in [-0.3, -0.25) is 24.5 Å². The molecule has 0 aliphatic carbocycles. The van der Waals surface area contributed by atoms with Crippen molar-refractivity contribution in [2.24, 2.45) is 5.92 Å². The molecule has 216 valence electrons. The molecule has 0 spiro atoms. The number of anilines is 2. The predicted octanol–water partition coefficient (Wildman–Crippen LogP) is 3.02. The highest BCUT2D eigenvalue weighted by Crippen LogP contribution is 2.47. The molecule has 5 rings (SSSR count). The van der Waals surface area contributed by atoms with E-state index in [0.29, 0.717) is 25.2 Å². The first-order valence-corrected chi connectivity index (χ1v) is 13.9. The zero-order valence-electron chi connectivity index (χ0n) is 22.9. The van der Waals surface area contributed by atoms with Crippen molar-refractivity contribution in [2.75, 3.05) is 29.5 Å². The summed E-state index contributed by atoms with van der Waals surface area (Å²) in [5.74, 6) is -1.54. The molecule has 41 heavy (non-hydrogen) atoms. The van der Waals surface area contributed by atoms with Crippen molar-refractivity contribution in [1.29, 1.82) is 0 Å². The maximum Gasteiger partial charge on any atom is 0.269 e. The number of amides is 3. The van der Waals surface area contributed by atoms with Crippen molar-refractivity contribution in [3.05, 3.63) is 75.9 Å². The van der Waals surface area contributed by atoms with E-state index in [1.807, 2.05) is 24.3 Å². The minimum absolute atomic E-state index is 0.0403. The summed E-state index contributed by atoms with van der Waals surface area (Å²) in [6.45, 7) is 2.84. The van der Waals surface area contributed by atoms with Crippen LogP contribution in [0.25, 0.3) is 0 Å². The molecule has 2 fully saturated rings. The molecule has 0 unspecified atom stereocenters. The molecule has 11 nitrogen and oxygen atoms in total. The van der Waals surface area contributed by atoms with Gasteiger partial charge in [-0.2, -0.15) is 0 Å². The number of carbonyl (C=O) groups is 3. The maximum absolute atomic E-state index is 13.9. The van der Waals surface area contributed by atoms with Crippen LogP contribution in [0.15, 0.2) is 54.6 Å². The molecule has 0 bridgehead atoms. The van der Waals surface area contributed by atoms with Crippen molar-refractivity contribution in [3.63, 3.8) is 0 Å². The van der Waals surface area contributed by atoms with E-state index in [2.05, 4.69) is 0 Å². The van der Waals surface area contributed by atoms with E-state index in [4.69, 9.17) is 0 Å². The van der Waals surface area contributed by atoms with Crippen molar-refractivity contribution in [1.82, 2.24) is 4.90 Å². The van der Waals surface area contributed by atoms with E-state index < -0.39 is 22.3 Å². The second-order valence-electron chi connectivity index (χ2n) is 10.9. The number of carbonyl (C=O) groups excluding carboxylic acids is 3. The molecule has 2 aromatic rings. The lowest BCUT2D eigenvalue weighted by atomic mass is 9.82. The van der Waals surface area contributed by atoms with Crippen LogP contribution in [0.2, 0.25) is 0 Å². The summed E-state index contributed by atoms with van der Waals surface area (Å²) in [4.78, 5) is 54.6. The fourth-order valence-corrected chi connectivity index (χ4v) is 6.12. The third-order valence-electron chi connectivity index (χ3n) is 8.38. The molecular formula is C30H34N4O7. The highest BCUT2D eigenvalue weighted by molar-refractivity contribution is 6.07. The Morgan fingerprint density at radius 2 is 2.00 bits per heavy atom. The van der Waals surface area contributed by atoms with Crippen LogP contribution in [0.1, 0.15) is 50.2 Å². The summed E-state index contributed by atoms with van der Waals surface area (Å²) in [6.07, 6.45) is 6.08. The second-order valence-corrected chi connectivity index (χ2v) is 10.9. The molecular weight excluding hydrogens is 528 g/mol. The van der Waals surface area contributed by atoms with Crippen LogP contribution in [0.5, 0.6) is 0 Å². The van der Waals surface area contributed by atoms with Crippen LogP contribution in [0.3, 0.4) is 0 Å². The number of hydrogen-bond donors (Lipinski definition) is 2. The van der Waals surface area contributed by atoms with Crippen molar-refractivity contribution in [2.45, 2.75) is 57.2 Å². The van der Waals surface area contributed by atoms with Crippen LogP contribution in [0, 0.1) is 16.0 Å². The van der Waals surface area contributed by atoms with Gasteiger partial charge in [0.25, 0.3) is 11.6 Å². The molecule has 3 heterocycles. The standard InChI is InChI=1S/C30H34N4O7/c1-20(6-2-10-27(36)32-14-4-9-24(32)19-35)30(39)25-17-23(34(40)41)12-13-26(25)33(29(30)38)18-21-7-3-8-22(16-21)31-15-5-11-28(31)37/h2-3,6-8,12-13,16-17,20,24,35,39H,4-5,9-11,14-15,18-19H2,1H3/b6-2+/t20-,24+,30+/m1/s1. The van der Waals surface area contributed by atoms with Crippen molar-refractivity contribution in [3.8, 4) is 0 Å². The van der Waals surface area contributed by atoms with Gasteiger partial charge in [0.2, 0.25) is 11.8 Å². The topological polar surface area (TPSA) is 145 Å². The van der Waals surface area contributed by atoms with Gasteiger partial charge in [0.05, 0.1) is 29.8 Å². The van der Waals surface area contributed by atoms with Gasteiger partial charge in [-0.05, 0) is 43.0 Å². The monoisotopic (exact) mass is 562 g/mol. The first kappa shape index (κ1) is 28.4. The maximum atomic E-state index is 13.9. The number of aliphatic hydroxyl groups excluding tert-OH is 1. The number of hydrogen-bond acceptors (Lipinski definition) is 7. The highest BCUT2D eigenvalue weighted by atomic mass is 16.6. The third kappa shape index (κ3) is 5.22. The number of nitro groups is 1. The molecule has 3 atom stereocenters. The highest BCUT2D eigenvalue weighted by Gasteiger charge is 2.53. The number of rotatable bonds is 9. The molecule has 0 radical (unpaired) electrons. The minimum Gasteiger partial charge on any atom is -0.394 e. The number of benzene rings is 2. The summed E-state index contributed by atoms with van der Waals surface area (Å²) in [6, 6.07) is 11.1. The van der Waals surface area contributed by atoms with E-state index in [1.165, 1.54) is 23.1 Å². The largest absolute Gasteiger partial charge is 0.394 e. The lowest BCUT2D eigenvalue weighted by Crippen LogP contribution is -2.44. The van der Waals surface area contributed by atoms with Gasteiger partial charge in [0.1, 0.15) is 0 Å². The molecule has 11 heteroatoms. The van der Waals surface area contributed by atoms with E-state index >= 15 is 0 Å². The summed E-state index contributed by atoms with van der Waals surface area (Å²) in [7, 11) is 0. The Morgan fingerprint density at radius 3 is 2.71 bits per heavy atom. The first-order chi connectivity index (χ1) is 19.6. The molecule has 0 aromatic heterocycles. The summed E-state index contributed by atoms with van der Waals surface area (Å²) < 4.78 is 0. The van der Waals surface area contributed by atoms with Crippen LogP contribution in [-0.4, -0.2) is 63.5 Å². The Bertz CT molecular complexity index is 1410. The number of aliphatic hydroxyl groups is 2. The molecule has 3 aliphatic heterocycles. The van der Waals surface area contributed by atoms with Crippen LogP contribution < -0.4 is 9.80 Å². The average molecular weight is 563 g/mol. The molecule has 3 amide bonds. The van der Waals surface area contributed by atoms with Gasteiger partial charge in [0, 0.05) is 55.2 Å². The lowest BCUT2D eigenvalue weighted by molar-refractivity contribution is -0.385. The van der Waals surface area contributed by atoms with E-state index in [9.17, 15) is 34.7 Å². The van der Waals surface area contributed by atoms with Gasteiger partial charge in [-0.15, -0.1) is 0 Å². The molecule has 2 saturated heterocycles. The van der Waals surface area contributed by atoms with Crippen molar-refractivity contribution >= 4 is 34.8 Å². The van der Waals surface area contributed by atoms with Gasteiger partial charge in [-0.1, -0.05) is 31.2 Å². The Labute approximate surface area is 237 Å². The zero-order valence-corrected chi connectivity index (χ0v) is 22.9. The summed E-state index contributed by atoms with van der Waals surface area (Å²) in [5.41, 5.74) is -0.372. The van der Waals surface area contributed by atoms with Crippen LogP contribution >= 0.6 is 0 Å². The Balaban J connectivity index is 1.41. The fourth-order valence-electron chi connectivity index (χ4n) is 6.12. The quantitative estimate of drug-likeness (QED) is 0.272. The summed E-state index contributed by atoms with van der Waals surface area (Å²) in [5, 5.41) is 33.0. The second kappa shape index (κ2) is 11.4. The third-order valence-corrected chi connectivity index (χ3v) is 8.38. The predicted molar refractivity (Wildman–Crippen MR) is 151 cm³/mol. The van der Waals surface area contributed by atoms with Gasteiger partial charge in [-0.25, -0.2) is 0 Å². The van der Waals surface area contributed by atoms with Crippen LogP contribution in [-0.2, 0) is 26.5 Å². The Kier molecular flexibility index (Phi) is 7.92. The number of likely N-dealkylation sites (tertiary alicyclic amines) is 1. The Morgan fingerprint density at radius 1 is 1.20 bits per heavy atom. The fraction of sp³-hybridized carbons (Fsp3) is 0.433. The summed E-state index contributed by atoms with van der Waals surface area (Å²) >= 11 is 0. The van der Waals surface area contributed by atoms with Crippen molar-refractivity contribution < 1.29 is 29.5 Å². The molecule has 0 saturated carbocycles. The van der Waals surface area contributed by atoms with E-state index in [-0.39, 0.29) is 48.7 Å². The lowest BCUT2D eigenvalue weighted by Gasteiger charge is -2.28. The smallest absolute Gasteiger partial charge is 0.269 e. The molecule has 3 aliphatic rings. The van der Waals surface area contributed by atoms with Gasteiger partial charge in [0.15, 0.2) is 5.60 Å². The average Bonchev–Trinajstić information content (AvgIpc) is 3.67. The molecule has 2 aromatic carbocycles. The van der Waals surface area contributed by atoms with E-state index in [1.54, 1.807) is 28.9 Å². The number of nitro benzene ring substituents is 1. The molecule has 2 N–H and O–H groups in total. The SMILES string of the molecule is C[C@H](/C=C/CC(=O)N1CCC[C@H]1CO)[C@@]1(O)C(=O)N(Cc2cccc(N3CCCC3=O)c2)c2ccc([N+](=O)[O-])cc21. The number of fused-ring (bicyclic) bond motifs is 1. The number of non-ortho nitro benzene ring substituents is 1. The van der Waals surface area contributed by atoms with E-state index in [0.717, 1.165) is 30.5 Å². The van der Waals surface area contributed by atoms with Gasteiger partial charge >= 0.3 is 0 Å². The van der Waals surface area contributed by atoms with Gasteiger partial charge < -0.3 is 24.9 Å². The number of nitrogens with zero attached hydrogens (tertiary/aromatic N) is 4. The first-order valence-electron chi connectivity index (χ1n) is 13.9. The van der Waals surface area contributed by atoms with Crippen LogP contribution in [0.4, 0.5) is 17.1 Å². The minimum atomic E-state index is -2.09. The zero-order chi connectivity index (χ0) is 29.3. The Hall–Kier alpha value is -4.09.